The van der Waals surface area contributed by atoms with E-state index in [1.165, 1.54) is 0 Å². The van der Waals surface area contributed by atoms with Crippen molar-refractivity contribution in [3.05, 3.63) is 0 Å². The lowest BCUT2D eigenvalue weighted by Crippen LogP contribution is -2.52. The molecule has 116 valence electrons. The van der Waals surface area contributed by atoms with E-state index in [4.69, 9.17) is 0 Å². The Hall–Kier alpha value is -1.14. The minimum atomic E-state index is -0.388. The number of carbonyl (C=O) groups excluding carboxylic acids is 2. The average Bonchev–Trinajstić information content (AvgIpc) is 2.42. The van der Waals surface area contributed by atoms with Crippen molar-refractivity contribution in [3.8, 4) is 0 Å². The van der Waals surface area contributed by atoms with Crippen molar-refractivity contribution in [1.82, 2.24) is 20.9 Å². The van der Waals surface area contributed by atoms with Crippen molar-refractivity contribution < 1.29 is 9.59 Å². The molecule has 6 heteroatoms. The molecule has 0 saturated carbocycles. The Labute approximate surface area is 121 Å². The predicted molar refractivity (Wildman–Crippen MR) is 79.6 cm³/mol. The van der Waals surface area contributed by atoms with Crippen LogP contribution in [0.4, 0.5) is 4.79 Å². The van der Waals surface area contributed by atoms with E-state index in [0.717, 1.165) is 38.8 Å². The number of rotatable bonds is 6. The first-order valence-corrected chi connectivity index (χ1v) is 7.48. The third-order valence-electron chi connectivity index (χ3n) is 4.00. The average molecular weight is 284 g/mol. The molecule has 1 aliphatic rings. The number of carbonyl (C=O) groups is 2. The summed E-state index contributed by atoms with van der Waals surface area (Å²) in [4.78, 5) is 25.3. The lowest BCUT2D eigenvalue weighted by Gasteiger charge is -2.38. The quantitative estimate of drug-likeness (QED) is 0.627. The van der Waals surface area contributed by atoms with E-state index in [9.17, 15) is 9.59 Å². The van der Waals surface area contributed by atoms with Crippen molar-refractivity contribution >= 4 is 11.9 Å². The van der Waals surface area contributed by atoms with Gasteiger partial charge in [-0.05, 0) is 33.2 Å². The summed E-state index contributed by atoms with van der Waals surface area (Å²) < 4.78 is 0. The molecular weight excluding hydrogens is 256 g/mol. The maximum Gasteiger partial charge on any atom is 0.321 e. The summed E-state index contributed by atoms with van der Waals surface area (Å²) in [5.41, 5.74) is 0.171. The van der Waals surface area contributed by atoms with Crippen LogP contribution in [0.5, 0.6) is 0 Å². The van der Waals surface area contributed by atoms with E-state index in [0.29, 0.717) is 13.1 Å². The highest BCUT2D eigenvalue weighted by molar-refractivity contribution is 5.95. The van der Waals surface area contributed by atoms with Gasteiger partial charge in [0.2, 0.25) is 5.91 Å². The van der Waals surface area contributed by atoms with Gasteiger partial charge >= 0.3 is 6.03 Å². The number of unbranched alkanes of at least 4 members (excludes halogenated alkanes) is 1. The minimum Gasteiger partial charge on any atom is -0.338 e. The van der Waals surface area contributed by atoms with Crippen LogP contribution >= 0.6 is 0 Å². The lowest BCUT2D eigenvalue weighted by atomic mass is 9.90. The number of urea groups is 1. The van der Waals surface area contributed by atoms with Crippen molar-refractivity contribution in [2.24, 2.45) is 0 Å². The number of amides is 3. The van der Waals surface area contributed by atoms with Gasteiger partial charge in [-0.25, -0.2) is 4.79 Å². The number of nitrogens with one attached hydrogen (secondary N) is 3. The summed E-state index contributed by atoms with van der Waals surface area (Å²) in [6.45, 7) is 6.91. The van der Waals surface area contributed by atoms with Gasteiger partial charge in [0, 0.05) is 25.2 Å². The third-order valence-corrected chi connectivity index (χ3v) is 4.00. The molecule has 20 heavy (non-hydrogen) atoms. The molecule has 1 aliphatic heterocycles. The van der Waals surface area contributed by atoms with E-state index in [1.807, 2.05) is 7.05 Å². The largest absolute Gasteiger partial charge is 0.338 e. The molecule has 3 amide bonds. The van der Waals surface area contributed by atoms with E-state index in [-0.39, 0.29) is 17.5 Å². The number of piperidine rings is 1. The summed E-state index contributed by atoms with van der Waals surface area (Å²) in [5, 5.41) is 8.37. The van der Waals surface area contributed by atoms with Crippen LogP contribution in [0.15, 0.2) is 0 Å². The smallest absolute Gasteiger partial charge is 0.321 e. The second-order valence-corrected chi connectivity index (χ2v) is 5.74. The van der Waals surface area contributed by atoms with Crippen molar-refractivity contribution in [2.75, 3.05) is 33.2 Å². The highest BCUT2D eigenvalue weighted by Crippen LogP contribution is 2.20. The molecule has 0 unspecified atom stereocenters. The van der Waals surface area contributed by atoms with Crippen LogP contribution in [0.2, 0.25) is 0 Å². The monoisotopic (exact) mass is 284 g/mol. The van der Waals surface area contributed by atoms with E-state index < -0.39 is 0 Å². The Kier molecular flexibility index (Phi) is 6.95. The van der Waals surface area contributed by atoms with Crippen LogP contribution in [0.25, 0.3) is 0 Å². The molecule has 1 saturated heterocycles. The van der Waals surface area contributed by atoms with E-state index in [1.54, 1.807) is 0 Å². The second kappa shape index (κ2) is 8.21. The van der Waals surface area contributed by atoms with Crippen LogP contribution in [0.3, 0.4) is 0 Å². The van der Waals surface area contributed by atoms with Gasteiger partial charge in [0.1, 0.15) is 0 Å². The number of imide groups is 1. The zero-order valence-corrected chi connectivity index (χ0v) is 12.9. The summed E-state index contributed by atoms with van der Waals surface area (Å²) in [6.07, 6.45) is 3.97. The summed E-state index contributed by atoms with van der Waals surface area (Å²) in [7, 11) is 1.98. The fraction of sp³-hybridized carbons (Fsp3) is 0.857. The first-order chi connectivity index (χ1) is 9.49. The first kappa shape index (κ1) is 16.9. The van der Waals surface area contributed by atoms with Crippen LogP contribution < -0.4 is 16.0 Å². The van der Waals surface area contributed by atoms with Gasteiger partial charge in [-0.2, -0.15) is 0 Å². The maximum absolute atomic E-state index is 11.8. The molecule has 0 aromatic heterocycles. The zero-order chi connectivity index (χ0) is 15.0. The Bertz CT molecular complexity index is 325. The first-order valence-electron chi connectivity index (χ1n) is 7.48. The summed E-state index contributed by atoms with van der Waals surface area (Å²) in [5.74, 6) is -0.230. The Balaban J connectivity index is 2.21. The van der Waals surface area contributed by atoms with Gasteiger partial charge in [0.05, 0.1) is 6.54 Å². The standard InChI is InChI=1S/C14H28N4O2/c1-4-5-8-16-13(20)17-12(19)11-18-9-6-14(2,15-3)7-10-18/h15H,4-11H2,1-3H3,(H2,16,17,19,20). The molecule has 1 heterocycles. The number of nitrogens with zero attached hydrogens (tertiary/aromatic N) is 1. The van der Waals surface area contributed by atoms with Gasteiger partial charge in [-0.1, -0.05) is 13.3 Å². The summed E-state index contributed by atoms with van der Waals surface area (Å²) >= 11 is 0. The third kappa shape index (κ3) is 5.88. The van der Waals surface area contributed by atoms with Crippen molar-refractivity contribution in [2.45, 2.75) is 45.1 Å². The molecule has 0 bridgehead atoms. The van der Waals surface area contributed by atoms with E-state index in [2.05, 4.69) is 34.7 Å². The molecule has 3 N–H and O–H groups in total. The molecule has 0 radical (unpaired) electrons. The van der Waals surface area contributed by atoms with Gasteiger partial charge < -0.3 is 10.6 Å². The Morgan fingerprint density at radius 3 is 2.45 bits per heavy atom. The van der Waals surface area contributed by atoms with E-state index >= 15 is 0 Å². The topological polar surface area (TPSA) is 73.5 Å². The molecule has 6 nitrogen and oxygen atoms in total. The Morgan fingerprint density at radius 1 is 1.25 bits per heavy atom. The normalized spacial score (nSPS) is 18.6. The molecule has 1 fully saturated rings. The number of hydrogen-bond acceptors (Lipinski definition) is 4. The SMILES string of the molecule is CCCCNC(=O)NC(=O)CN1CCC(C)(NC)CC1. The predicted octanol–water partition coefficient (Wildman–Crippen LogP) is 0.686. The van der Waals surface area contributed by atoms with Crippen LogP contribution in [-0.4, -0.2) is 55.6 Å². The van der Waals surface area contributed by atoms with Gasteiger partial charge in [-0.3, -0.25) is 15.0 Å². The van der Waals surface area contributed by atoms with Crippen LogP contribution in [-0.2, 0) is 4.79 Å². The molecule has 0 aromatic carbocycles. The van der Waals surface area contributed by atoms with Gasteiger partial charge in [0.15, 0.2) is 0 Å². The van der Waals surface area contributed by atoms with Crippen LogP contribution in [0.1, 0.15) is 39.5 Å². The fourth-order valence-electron chi connectivity index (χ4n) is 2.25. The highest BCUT2D eigenvalue weighted by Gasteiger charge is 2.28. The lowest BCUT2D eigenvalue weighted by molar-refractivity contribution is -0.121. The molecular formula is C14H28N4O2. The summed E-state index contributed by atoms with van der Waals surface area (Å²) in [6, 6.07) is -0.388. The molecule has 0 aliphatic carbocycles. The molecule has 0 atom stereocenters. The maximum atomic E-state index is 11.8. The second-order valence-electron chi connectivity index (χ2n) is 5.74. The van der Waals surface area contributed by atoms with Crippen molar-refractivity contribution in [1.29, 1.82) is 0 Å². The minimum absolute atomic E-state index is 0.171. The van der Waals surface area contributed by atoms with Crippen molar-refractivity contribution in [3.63, 3.8) is 0 Å². The fourth-order valence-corrected chi connectivity index (χ4v) is 2.25. The zero-order valence-electron chi connectivity index (χ0n) is 12.9. The highest BCUT2D eigenvalue weighted by atomic mass is 16.2. The van der Waals surface area contributed by atoms with Gasteiger partial charge in [0.25, 0.3) is 0 Å². The molecule has 1 rings (SSSR count). The number of likely N-dealkylation sites (tertiary alicyclic amines) is 1. The Morgan fingerprint density at radius 2 is 1.90 bits per heavy atom. The van der Waals surface area contributed by atoms with Gasteiger partial charge in [-0.15, -0.1) is 0 Å². The number of hydrogen-bond donors (Lipinski definition) is 3. The van der Waals surface area contributed by atoms with Crippen LogP contribution in [0, 0.1) is 0 Å². The molecule has 0 spiro atoms. The molecule has 0 aromatic rings.